The molecule has 0 unspecified atom stereocenters. The summed E-state index contributed by atoms with van der Waals surface area (Å²) in [7, 11) is 0. The third-order valence-electron chi connectivity index (χ3n) is 4.10. The molecule has 1 aromatic heterocycles. The maximum atomic E-state index is 11.7. The van der Waals surface area contributed by atoms with Gasteiger partial charge in [0.2, 0.25) is 5.91 Å². The van der Waals surface area contributed by atoms with Gasteiger partial charge >= 0.3 is 0 Å². The zero-order chi connectivity index (χ0) is 15.5. The molecule has 0 aliphatic carbocycles. The molecule has 0 N–H and O–H groups in total. The maximum absolute atomic E-state index is 11.7. The zero-order valence-electron chi connectivity index (χ0n) is 12.6. The molecule has 5 nitrogen and oxygen atoms in total. The number of anilines is 1. The number of carbonyl (C=O) groups is 1. The van der Waals surface area contributed by atoms with Crippen molar-refractivity contribution >= 4 is 22.6 Å². The number of hydrogen-bond acceptors (Lipinski definition) is 4. The summed E-state index contributed by atoms with van der Waals surface area (Å²) in [6, 6.07) is 12.2. The quantitative estimate of drug-likeness (QED) is 0.851. The first-order valence-corrected chi connectivity index (χ1v) is 7.45. The molecule has 22 heavy (non-hydrogen) atoms. The van der Waals surface area contributed by atoms with Crippen molar-refractivity contribution in [3.05, 3.63) is 35.9 Å². The van der Waals surface area contributed by atoms with Crippen LogP contribution >= 0.6 is 0 Å². The van der Waals surface area contributed by atoms with Crippen molar-refractivity contribution < 1.29 is 4.79 Å². The van der Waals surface area contributed by atoms with Crippen LogP contribution in [-0.4, -0.2) is 42.0 Å². The number of amides is 1. The lowest BCUT2D eigenvalue weighted by molar-refractivity contribution is -0.130. The second kappa shape index (κ2) is 6.02. The fourth-order valence-corrected chi connectivity index (χ4v) is 2.86. The molecule has 1 aliphatic heterocycles. The van der Waals surface area contributed by atoms with E-state index in [1.165, 1.54) is 10.9 Å². The monoisotopic (exact) mass is 294 g/mol. The van der Waals surface area contributed by atoms with Crippen molar-refractivity contribution in [1.82, 2.24) is 9.88 Å². The van der Waals surface area contributed by atoms with Gasteiger partial charge in [0.1, 0.15) is 12.2 Å². The minimum atomic E-state index is -0.0789. The van der Waals surface area contributed by atoms with Crippen LogP contribution < -0.4 is 4.90 Å². The molecule has 2 aromatic rings. The van der Waals surface area contributed by atoms with Crippen LogP contribution in [0.25, 0.3) is 10.9 Å². The molecule has 1 fully saturated rings. The number of carbonyl (C=O) groups excluding carboxylic acids is 1. The van der Waals surface area contributed by atoms with E-state index in [2.05, 4.69) is 24.0 Å². The van der Waals surface area contributed by atoms with Gasteiger partial charge in [-0.2, -0.15) is 5.26 Å². The Bertz CT molecular complexity index is 742. The number of aryl methyl sites for hydroxylation is 1. The maximum Gasteiger partial charge on any atom is 0.236 e. The van der Waals surface area contributed by atoms with Crippen LogP contribution in [0.3, 0.4) is 0 Å². The third-order valence-corrected chi connectivity index (χ3v) is 4.10. The topological polar surface area (TPSA) is 60.2 Å². The summed E-state index contributed by atoms with van der Waals surface area (Å²) in [5.74, 6) is 0.883. The molecule has 0 radical (unpaired) electrons. The van der Waals surface area contributed by atoms with E-state index in [1.807, 2.05) is 24.3 Å². The lowest BCUT2D eigenvalue weighted by Crippen LogP contribution is -2.49. The first kappa shape index (κ1) is 14.3. The minimum Gasteiger partial charge on any atom is -0.353 e. The molecule has 1 aromatic carbocycles. The fraction of sp³-hybridized carbons (Fsp3) is 0.353. The van der Waals surface area contributed by atoms with Crippen LogP contribution in [0.1, 0.15) is 12.0 Å². The van der Waals surface area contributed by atoms with Crippen LogP contribution in [0.2, 0.25) is 0 Å². The predicted octanol–water partition coefficient (Wildman–Crippen LogP) is 2.11. The Hall–Kier alpha value is -2.61. The van der Waals surface area contributed by atoms with E-state index in [9.17, 15) is 4.79 Å². The predicted molar refractivity (Wildman–Crippen MR) is 85.5 cm³/mol. The number of hydrogen-bond donors (Lipinski definition) is 0. The molecule has 1 saturated heterocycles. The van der Waals surface area contributed by atoms with E-state index in [0.29, 0.717) is 13.1 Å². The van der Waals surface area contributed by atoms with E-state index >= 15 is 0 Å². The number of piperazine rings is 1. The van der Waals surface area contributed by atoms with Gasteiger partial charge in [0.15, 0.2) is 0 Å². The highest BCUT2D eigenvalue weighted by atomic mass is 16.2. The van der Waals surface area contributed by atoms with Crippen molar-refractivity contribution in [1.29, 1.82) is 5.26 Å². The van der Waals surface area contributed by atoms with Gasteiger partial charge in [-0.15, -0.1) is 0 Å². The van der Waals surface area contributed by atoms with Gasteiger partial charge in [0, 0.05) is 31.6 Å². The Morgan fingerprint density at radius 2 is 2.00 bits per heavy atom. The highest BCUT2D eigenvalue weighted by molar-refractivity contribution is 5.84. The normalized spacial score (nSPS) is 14.9. The molecule has 112 valence electrons. The largest absolute Gasteiger partial charge is 0.353 e. The molecule has 1 amide bonds. The van der Waals surface area contributed by atoms with Crippen molar-refractivity contribution in [2.45, 2.75) is 13.3 Å². The Kier molecular flexibility index (Phi) is 3.92. The number of rotatable bonds is 2. The van der Waals surface area contributed by atoms with E-state index < -0.39 is 0 Å². The molecular formula is C17H18N4O. The van der Waals surface area contributed by atoms with Gasteiger partial charge in [-0.25, -0.2) is 4.98 Å². The van der Waals surface area contributed by atoms with Crippen molar-refractivity contribution in [3.63, 3.8) is 0 Å². The van der Waals surface area contributed by atoms with Crippen LogP contribution in [0, 0.1) is 18.3 Å². The lowest BCUT2D eigenvalue weighted by Gasteiger charge is -2.35. The number of para-hydroxylation sites is 1. The average Bonchev–Trinajstić information content (AvgIpc) is 2.55. The standard InChI is InChI=1S/C17H18N4O/c1-13-12-16(19-15-5-3-2-4-14(13)15)20-8-10-21(11-9-20)17(22)6-7-18/h2-5,12H,6,8-11H2,1H3. The van der Waals surface area contributed by atoms with E-state index in [1.54, 1.807) is 4.90 Å². The first-order chi connectivity index (χ1) is 10.7. The molecule has 1 aliphatic rings. The molecule has 0 bridgehead atoms. The first-order valence-electron chi connectivity index (χ1n) is 7.45. The van der Waals surface area contributed by atoms with E-state index in [0.717, 1.165) is 24.4 Å². The highest BCUT2D eigenvalue weighted by Gasteiger charge is 2.21. The van der Waals surface area contributed by atoms with Crippen molar-refractivity contribution in [3.8, 4) is 6.07 Å². The third kappa shape index (κ3) is 2.73. The molecule has 0 saturated carbocycles. The van der Waals surface area contributed by atoms with Gasteiger partial charge in [0.05, 0.1) is 11.6 Å². The number of nitriles is 1. The average molecular weight is 294 g/mol. The summed E-state index contributed by atoms with van der Waals surface area (Å²) < 4.78 is 0. The molecule has 5 heteroatoms. The number of aromatic nitrogens is 1. The molecule has 0 atom stereocenters. The summed E-state index contributed by atoms with van der Waals surface area (Å²) >= 11 is 0. The van der Waals surface area contributed by atoms with Crippen LogP contribution in [0.15, 0.2) is 30.3 Å². The van der Waals surface area contributed by atoms with E-state index in [-0.39, 0.29) is 12.3 Å². The fourth-order valence-electron chi connectivity index (χ4n) is 2.86. The second-order valence-corrected chi connectivity index (χ2v) is 5.52. The van der Waals surface area contributed by atoms with Gasteiger partial charge < -0.3 is 9.80 Å². The Balaban J connectivity index is 1.77. The van der Waals surface area contributed by atoms with Crippen LogP contribution in [0.5, 0.6) is 0 Å². The summed E-state index contributed by atoms with van der Waals surface area (Å²) in [4.78, 5) is 20.4. The summed E-state index contributed by atoms with van der Waals surface area (Å²) in [5, 5.41) is 9.79. The number of fused-ring (bicyclic) bond motifs is 1. The molecule has 3 rings (SSSR count). The molecular weight excluding hydrogens is 276 g/mol. The van der Waals surface area contributed by atoms with Gasteiger partial charge in [-0.3, -0.25) is 4.79 Å². The lowest BCUT2D eigenvalue weighted by atomic mass is 10.1. The number of pyridine rings is 1. The molecule has 0 spiro atoms. The summed E-state index contributed by atoms with van der Waals surface area (Å²) in [5.41, 5.74) is 2.21. The van der Waals surface area contributed by atoms with Gasteiger partial charge in [-0.05, 0) is 24.6 Å². The zero-order valence-corrected chi connectivity index (χ0v) is 12.6. The van der Waals surface area contributed by atoms with Crippen LogP contribution in [-0.2, 0) is 4.79 Å². The Labute approximate surface area is 129 Å². The minimum absolute atomic E-state index is 0.0344. The molecule has 2 heterocycles. The second-order valence-electron chi connectivity index (χ2n) is 5.52. The van der Waals surface area contributed by atoms with Gasteiger partial charge in [-0.1, -0.05) is 18.2 Å². The number of benzene rings is 1. The number of nitrogens with zero attached hydrogens (tertiary/aromatic N) is 4. The van der Waals surface area contributed by atoms with Crippen LogP contribution in [0.4, 0.5) is 5.82 Å². The summed E-state index contributed by atoms with van der Waals surface area (Å²) in [6.07, 6.45) is -0.0344. The van der Waals surface area contributed by atoms with Crippen molar-refractivity contribution in [2.24, 2.45) is 0 Å². The van der Waals surface area contributed by atoms with E-state index in [4.69, 9.17) is 10.2 Å². The van der Waals surface area contributed by atoms with Crippen molar-refractivity contribution in [2.75, 3.05) is 31.1 Å². The SMILES string of the molecule is Cc1cc(N2CCN(C(=O)CC#N)CC2)nc2ccccc12. The summed E-state index contributed by atoms with van der Waals surface area (Å²) in [6.45, 7) is 4.90. The Morgan fingerprint density at radius 3 is 2.73 bits per heavy atom. The van der Waals surface area contributed by atoms with Gasteiger partial charge in [0.25, 0.3) is 0 Å². The highest BCUT2D eigenvalue weighted by Crippen LogP contribution is 2.23. The Morgan fingerprint density at radius 1 is 1.27 bits per heavy atom. The smallest absolute Gasteiger partial charge is 0.236 e.